The van der Waals surface area contributed by atoms with E-state index in [4.69, 9.17) is 4.74 Å². The molecule has 0 spiro atoms. The molecule has 2 rings (SSSR count). The second kappa shape index (κ2) is 8.57. The van der Waals surface area contributed by atoms with Gasteiger partial charge in [0, 0.05) is 4.47 Å². The molecule has 2 atom stereocenters. The van der Waals surface area contributed by atoms with Gasteiger partial charge in [-0.1, -0.05) is 66.7 Å². The lowest BCUT2D eigenvalue weighted by Crippen LogP contribution is -2.28. The smallest absolute Gasteiger partial charge is 0.306 e. The number of esters is 1. The minimum absolute atomic E-state index is 0.0411. The van der Waals surface area contributed by atoms with Crippen molar-refractivity contribution in [2.45, 2.75) is 70.3 Å². The molecular weight excluding hydrogens is 328 g/mol. The Hall–Kier alpha value is -0.830. The zero-order valence-corrected chi connectivity index (χ0v) is 14.4. The van der Waals surface area contributed by atoms with Crippen molar-refractivity contribution in [2.24, 2.45) is 0 Å². The van der Waals surface area contributed by atoms with E-state index in [-0.39, 0.29) is 12.1 Å². The largest absolute Gasteiger partial charge is 0.462 e. The van der Waals surface area contributed by atoms with Gasteiger partial charge in [-0.2, -0.15) is 0 Å². The second-order valence-electron chi connectivity index (χ2n) is 5.97. The zero-order chi connectivity index (χ0) is 15.1. The van der Waals surface area contributed by atoms with Gasteiger partial charge in [0.05, 0.1) is 6.42 Å². The van der Waals surface area contributed by atoms with Crippen LogP contribution in [-0.2, 0) is 9.53 Å². The zero-order valence-electron chi connectivity index (χ0n) is 12.8. The van der Waals surface area contributed by atoms with Crippen LogP contribution in [-0.4, -0.2) is 12.1 Å². The summed E-state index contributed by atoms with van der Waals surface area (Å²) in [4.78, 5) is 11.9. The van der Waals surface area contributed by atoms with Crippen LogP contribution in [0.25, 0.3) is 0 Å². The summed E-state index contributed by atoms with van der Waals surface area (Å²) in [5.74, 6) is 0.253. The molecule has 1 heterocycles. The van der Waals surface area contributed by atoms with Gasteiger partial charge in [-0.15, -0.1) is 0 Å². The lowest BCUT2D eigenvalue weighted by Gasteiger charge is -2.29. The van der Waals surface area contributed by atoms with Gasteiger partial charge in [0.2, 0.25) is 0 Å². The maximum Gasteiger partial charge on any atom is 0.306 e. The topological polar surface area (TPSA) is 26.3 Å². The third-order valence-electron chi connectivity index (χ3n) is 4.23. The van der Waals surface area contributed by atoms with E-state index in [2.05, 4.69) is 35.0 Å². The quantitative estimate of drug-likeness (QED) is 0.471. The molecule has 0 radical (unpaired) electrons. The highest BCUT2D eigenvalue weighted by atomic mass is 79.9. The van der Waals surface area contributed by atoms with Gasteiger partial charge in [0.25, 0.3) is 0 Å². The lowest BCUT2D eigenvalue weighted by atomic mass is 9.87. The number of unbranched alkanes of at least 4 members (excludes halogenated alkanes) is 4. The molecule has 1 saturated heterocycles. The molecule has 0 saturated carbocycles. The molecule has 1 fully saturated rings. The van der Waals surface area contributed by atoms with Crippen molar-refractivity contribution in [1.82, 2.24) is 0 Å². The number of hydrogen-bond donors (Lipinski definition) is 0. The van der Waals surface area contributed by atoms with Gasteiger partial charge in [-0.05, 0) is 36.8 Å². The minimum Gasteiger partial charge on any atom is -0.462 e. The van der Waals surface area contributed by atoms with Crippen LogP contribution < -0.4 is 0 Å². The Morgan fingerprint density at radius 2 is 1.95 bits per heavy atom. The molecule has 21 heavy (non-hydrogen) atoms. The average Bonchev–Trinajstić information content (AvgIpc) is 2.47. The van der Waals surface area contributed by atoms with Crippen LogP contribution in [0.5, 0.6) is 0 Å². The summed E-state index contributed by atoms with van der Waals surface area (Å²) in [6, 6.07) is 8.22. The molecule has 3 heteroatoms. The highest BCUT2D eigenvalue weighted by molar-refractivity contribution is 9.10. The fourth-order valence-corrected chi connectivity index (χ4v) is 3.69. The normalized spacial score (nSPS) is 22.1. The molecule has 1 aromatic carbocycles. The van der Waals surface area contributed by atoms with Crippen molar-refractivity contribution in [3.8, 4) is 0 Å². The number of rotatable bonds is 7. The number of cyclic esters (lactones) is 1. The van der Waals surface area contributed by atoms with Crippen molar-refractivity contribution in [1.29, 1.82) is 0 Å². The fourth-order valence-electron chi connectivity index (χ4n) is 3.08. The summed E-state index contributed by atoms with van der Waals surface area (Å²) in [5.41, 5.74) is 1.24. The predicted octanol–water partition coefficient (Wildman–Crippen LogP) is 5.60. The molecule has 116 valence electrons. The molecule has 0 aliphatic carbocycles. The summed E-state index contributed by atoms with van der Waals surface area (Å²) >= 11 is 3.60. The van der Waals surface area contributed by atoms with Crippen LogP contribution in [0, 0.1) is 0 Å². The van der Waals surface area contributed by atoms with E-state index in [9.17, 15) is 4.79 Å². The first kappa shape index (κ1) is 16.5. The summed E-state index contributed by atoms with van der Waals surface area (Å²) in [6.07, 6.45) is 8.87. The third kappa shape index (κ3) is 5.14. The van der Waals surface area contributed by atoms with Crippen LogP contribution in [0.4, 0.5) is 0 Å². The van der Waals surface area contributed by atoms with E-state index in [1.807, 2.05) is 12.1 Å². The highest BCUT2D eigenvalue weighted by Gasteiger charge is 2.30. The van der Waals surface area contributed by atoms with Crippen molar-refractivity contribution in [3.63, 3.8) is 0 Å². The Balaban J connectivity index is 1.87. The van der Waals surface area contributed by atoms with E-state index in [1.165, 1.54) is 37.7 Å². The van der Waals surface area contributed by atoms with Gasteiger partial charge >= 0.3 is 5.97 Å². The molecule has 1 aromatic rings. The van der Waals surface area contributed by atoms with Crippen LogP contribution >= 0.6 is 15.9 Å². The van der Waals surface area contributed by atoms with Crippen molar-refractivity contribution >= 4 is 21.9 Å². The van der Waals surface area contributed by atoms with E-state index >= 15 is 0 Å². The molecule has 1 aliphatic rings. The van der Waals surface area contributed by atoms with Gasteiger partial charge < -0.3 is 4.74 Å². The van der Waals surface area contributed by atoms with Crippen molar-refractivity contribution < 1.29 is 9.53 Å². The van der Waals surface area contributed by atoms with Gasteiger partial charge in [-0.25, -0.2) is 0 Å². The van der Waals surface area contributed by atoms with Crippen LogP contribution in [0.3, 0.4) is 0 Å². The maximum absolute atomic E-state index is 11.9. The number of benzene rings is 1. The third-order valence-corrected chi connectivity index (χ3v) is 4.96. The molecule has 2 nitrogen and oxygen atoms in total. The number of carbonyl (C=O) groups excluding carboxylic acids is 1. The molecule has 2 unspecified atom stereocenters. The molecule has 1 aliphatic heterocycles. The van der Waals surface area contributed by atoms with Gasteiger partial charge in [0.1, 0.15) is 6.10 Å². The first-order valence-electron chi connectivity index (χ1n) is 8.14. The minimum atomic E-state index is -0.0411. The number of halogens is 1. The number of carbonyl (C=O) groups is 1. The van der Waals surface area contributed by atoms with Gasteiger partial charge in [0.15, 0.2) is 0 Å². The molecule has 0 bridgehead atoms. The summed E-state index contributed by atoms with van der Waals surface area (Å²) < 4.78 is 6.63. The van der Waals surface area contributed by atoms with Crippen LogP contribution in [0.2, 0.25) is 0 Å². The SMILES string of the molecule is CCCCCCCC1CC(c2ccccc2Br)CC(=O)O1. The van der Waals surface area contributed by atoms with Crippen molar-refractivity contribution in [3.05, 3.63) is 34.3 Å². The Bertz CT molecular complexity index is 458. The summed E-state index contributed by atoms with van der Waals surface area (Å²) in [5, 5.41) is 0. The predicted molar refractivity (Wildman–Crippen MR) is 89.4 cm³/mol. The average molecular weight is 353 g/mol. The van der Waals surface area contributed by atoms with Crippen LogP contribution in [0.1, 0.15) is 69.8 Å². The molecular formula is C18H25BrO2. The first-order valence-corrected chi connectivity index (χ1v) is 8.94. The fraction of sp³-hybridized carbons (Fsp3) is 0.611. The molecule has 0 amide bonds. The van der Waals surface area contributed by atoms with Gasteiger partial charge in [-0.3, -0.25) is 4.79 Å². The molecule has 0 aromatic heterocycles. The Morgan fingerprint density at radius 3 is 2.71 bits per heavy atom. The first-order chi connectivity index (χ1) is 10.2. The standard InChI is InChI=1S/C18H25BrO2/c1-2-3-4-5-6-9-15-12-14(13-18(20)21-15)16-10-7-8-11-17(16)19/h7-8,10-11,14-15H,2-6,9,12-13H2,1H3. The summed E-state index contributed by atoms with van der Waals surface area (Å²) in [6.45, 7) is 2.23. The monoisotopic (exact) mass is 352 g/mol. The number of ether oxygens (including phenoxy) is 1. The van der Waals surface area contributed by atoms with E-state index in [0.717, 1.165) is 17.3 Å². The molecule has 0 N–H and O–H groups in total. The van der Waals surface area contributed by atoms with E-state index in [0.29, 0.717) is 12.3 Å². The van der Waals surface area contributed by atoms with Crippen molar-refractivity contribution in [2.75, 3.05) is 0 Å². The Kier molecular flexibility index (Phi) is 6.75. The number of hydrogen-bond acceptors (Lipinski definition) is 2. The lowest BCUT2D eigenvalue weighted by molar-refractivity contribution is -0.155. The van der Waals surface area contributed by atoms with E-state index in [1.54, 1.807) is 0 Å². The Labute approximate surface area is 136 Å². The maximum atomic E-state index is 11.9. The van der Waals surface area contributed by atoms with E-state index < -0.39 is 0 Å². The second-order valence-corrected chi connectivity index (χ2v) is 6.83. The van der Waals surface area contributed by atoms with Crippen LogP contribution in [0.15, 0.2) is 28.7 Å². The summed E-state index contributed by atoms with van der Waals surface area (Å²) in [7, 11) is 0. The Morgan fingerprint density at radius 1 is 1.19 bits per heavy atom. The highest BCUT2D eigenvalue weighted by Crippen LogP contribution is 2.36.